The first kappa shape index (κ1) is 23.9. The first-order chi connectivity index (χ1) is 15.2. The highest BCUT2D eigenvalue weighted by Gasteiger charge is 2.27. The number of carbonyl (C=O) groups excluding carboxylic acids is 1. The SMILES string of the molecule is C/C(=C(/NCC=O)c1c[nH]c2ncc(C3CC3)nc12)C(C)(C)C.CN1CCC(C#N)CC1. The molecular weight excluding hydrogens is 400 g/mol. The minimum Gasteiger partial charge on any atom is -0.378 e. The number of rotatable bonds is 5. The molecule has 1 saturated carbocycles. The molecule has 7 nitrogen and oxygen atoms in total. The average molecular weight is 437 g/mol. The van der Waals surface area contributed by atoms with Crippen LogP contribution in [-0.2, 0) is 4.79 Å². The lowest BCUT2D eigenvalue weighted by atomic mass is 9.85. The lowest BCUT2D eigenvalue weighted by Gasteiger charge is -2.24. The Kier molecular flexibility index (Phi) is 7.68. The van der Waals surface area contributed by atoms with Crippen molar-refractivity contribution in [3.05, 3.63) is 29.2 Å². The van der Waals surface area contributed by atoms with Crippen LogP contribution in [0.4, 0.5) is 0 Å². The van der Waals surface area contributed by atoms with Crippen LogP contribution in [0.5, 0.6) is 0 Å². The molecule has 2 aliphatic rings. The van der Waals surface area contributed by atoms with Crippen molar-refractivity contribution >= 4 is 23.1 Å². The summed E-state index contributed by atoms with van der Waals surface area (Å²) in [7, 11) is 2.10. The number of likely N-dealkylation sites (tertiary alicyclic amines) is 1. The summed E-state index contributed by atoms with van der Waals surface area (Å²) in [4.78, 5) is 25.7. The van der Waals surface area contributed by atoms with E-state index in [4.69, 9.17) is 10.2 Å². The minimum absolute atomic E-state index is 0.00363. The summed E-state index contributed by atoms with van der Waals surface area (Å²) in [5.74, 6) is 0.898. The van der Waals surface area contributed by atoms with Crippen molar-refractivity contribution in [2.75, 3.05) is 26.7 Å². The zero-order valence-corrected chi connectivity index (χ0v) is 20.0. The first-order valence-corrected chi connectivity index (χ1v) is 11.6. The maximum Gasteiger partial charge on any atom is 0.156 e. The molecule has 0 bridgehead atoms. The van der Waals surface area contributed by atoms with E-state index in [2.05, 4.69) is 61.0 Å². The van der Waals surface area contributed by atoms with Crippen molar-refractivity contribution in [2.24, 2.45) is 11.3 Å². The maximum absolute atomic E-state index is 10.8. The van der Waals surface area contributed by atoms with Gasteiger partial charge in [0.15, 0.2) is 5.65 Å². The van der Waals surface area contributed by atoms with Gasteiger partial charge in [-0.1, -0.05) is 20.8 Å². The van der Waals surface area contributed by atoms with Crippen molar-refractivity contribution in [1.82, 2.24) is 25.2 Å². The van der Waals surface area contributed by atoms with Gasteiger partial charge < -0.3 is 20.0 Å². The molecule has 0 radical (unpaired) electrons. The van der Waals surface area contributed by atoms with Gasteiger partial charge in [0.25, 0.3) is 0 Å². The molecule has 2 fully saturated rings. The van der Waals surface area contributed by atoms with Crippen molar-refractivity contribution in [2.45, 2.75) is 59.3 Å². The normalized spacial score (nSPS) is 18.4. The number of allylic oxidation sites excluding steroid dienone is 1. The number of aldehydes is 1. The lowest BCUT2D eigenvalue weighted by molar-refractivity contribution is -0.107. The molecule has 32 heavy (non-hydrogen) atoms. The first-order valence-electron chi connectivity index (χ1n) is 11.6. The fourth-order valence-corrected chi connectivity index (χ4v) is 3.76. The average Bonchev–Trinajstić information content (AvgIpc) is 3.54. The molecule has 1 aliphatic carbocycles. The lowest BCUT2D eigenvalue weighted by Crippen LogP contribution is -2.29. The molecule has 4 rings (SSSR count). The molecule has 0 unspecified atom stereocenters. The minimum atomic E-state index is -0.00363. The Morgan fingerprint density at radius 2 is 2.00 bits per heavy atom. The zero-order valence-electron chi connectivity index (χ0n) is 20.0. The Labute approximate surface area is 191 Å². The molecule has 2 aromatic heterocycles. The van der Waals surface area contributed by atoms with E-state index in [-0.39, 0.29) is 12.0 Å². The van der Waals surface area contributed by atoms with Gasteiger partial charge in [-0.05, 0) is 63.7 Å². The summed E-state index contributed by atoms with van der Waals surface area (Å²) < 4.78 is 0. The molecule has 3 heterocycles. The van der Waals surface area contributed by atoms with E-state index >= 15 is 0 Å². The van der Waals surface area contributed by atoms with Crippen LogP contribution in [0.15, 0.2) is 18.0 Å². The summed E-state index contributed by atoms with van der Waals surface area (Å²) in [6.45, 7) is 11.1. The van der Waals surface area contributed by atoms with Gasteiger partial charge in [-0.15, -0.1) is 0 Å². The van der Waals surface area contributed by atoms with Crippen LogP contribution < -0.4 is 5.32 Å². The fourth-order valence-electron chi connectivity index (χ4n) is 3.76. The third-order valence-corrected chi connectivity index (χ3v) is 6.43. The van der Waals surface area contributed by atoms with E-state index < -0.39 is 0 Å². The predicted molar refractivity (Wildman–Crippen MR) is 128 cm³/mol. The van der Waals surface area contributed by atoms with E-state index in [9.17, 15) is 4.79 Å². The zero-order chi connectivity index (χ0) is 23.3. The van der Waals surface area contributed by atoms with Gasteiger partial charge in [0.2, 0.25) is 0 Å². The molecule has 0 atom stereocenters. The molecule has 1 aliphatic heterocycles. The van der Waals surface area contributed by atoms with Crippen molar-refractivity contribution in [3.63, 3.8) is 0 Å². The molecule has 1 saturated heterocycles. The molecule has 7 heteroatoms. The van der Waals surface area contributed by atoms with E-state index in [0.29, 0.717) is 11.8 Å². The molecule has 0 amide bonds. The predicted octanol–water partition coefficient (Wildman–Crippen LogP) is 4.25. The second kappa shape index (κ2) is 10.3. The molecule has 0 spiro atoms. The van der Waals surface area contributed by atoms with Gasteiger partial charge in [0.1, 0.15) is 11.8 Å². The van der Waals surface area contributed by atoms with Crippen LogP contribution in [0.2, 0.25) is 0 Å². The number of fused-ring (bicyclic) bond motifs is 1. The molecule has 2 aromatic rings. The highest BCUT2D eigenvalue weighted by atomic mass is 16.1. The second-order valence-electron chi connectivity index (χ2n) is 9.97. The van der Waals surface area contributed by atoms with E-state index in [1.54, 1.807) is 0 Å². The Balaban J connectivity index is 0.000000269. The van der Waals surface area contributed by atoms with Crippen LogP contribution in [0.3, 0.4) is 0 Å². The number of aromatic amines is 1. The number of nitrogens with one attached hydrogen (secondary N) is 2. The van der Waals surface area contributed by atoms with Crippen LogP contribution in [0.25, 0.3) is 16.9 Å². The number of hydrogen-bond acceptors (Lipinski definition) is 6. The molecular formula is C25H36N6O. The highest BCUT2D eigenvalue weighted by molar-refractivity contribution is 5.88. The van der Waals surface area contributed by atoms with E-state index in [0.717, 1.165) is 60.3 Å². The third-order valence-electron chi connectivity index (χ3n) is 6.43. The highest BCUT2D eigenvalue weighted by Crippen LogP contribution is 2.40. The Morgan fingerprint density at radius 1 is 1.31 bits per heavy atom. The summed E-state index contributed by atoms with van der Waals surface area (Å²) in [5, 5.41) is 11.8. The van der Waals surface area contributed by atoms with Crippen LogP contribution in [0, 0.1) is 22.7 Å². The number of H-pyrrole nitrogens is 1. The Bertz CT molecular complexity index is 998. The number of nitriles is 1. The van der Waals surface area contributed by atoms with Gasteiger partial charge in [0.05, 0.1) is 24.5 Å². The number of carbonyl (C=O) groups is 1. The molecule has 172 valence electrons. The van der Waals surface area contributed by atoms with Crippen molar-refractivity contribution in [1.29, 1.82) is 5.26 Å². The number of piperidine rings is 1. The number of hydrogen-bond donors (Lipinski definition) is 2. The Hall–Kier alpha value is -2.72. The van der Waals surface area contributed by atoms with Crippen molar-refractivity contribution < 1.29 is 4.79 Å². The summed E-state index contributed by atoms with van der Waals surface area (Å²) in [6.07, 6.45) is 9.22. The van der Waals surface area contributed by atoms with E-state index in [1.807, 2.05) is 12.4 Å². The van der Waals surface area contributed by atoms with Gasteiger partial charge in [-0.2, -0.15) is 5.26 Å². The maximum atomic E-state index is 10.8. The largest absolute Gasteiger partial charge is 0.378 e. The van der Waals surface area contributed by atoms with Crippen LogP contribution >= 0.6 is 0 Å². The summed E-state index contributed by atoms with van der Waals surface area (Å²) >= 11 is 0. The van der Waals surface area contributed by atoms with E-state index in [1.165, 1.54) is 18.4 Å². The van der Waals surface area contributed by atoms with Crippen LogP contribution in [0.1, 0.15) is 70.6 Å². The topological polar surface area (TPSA) is 97.7 Å². The van der Waals surface area contributed by atoms with Crippen molar-refractivity contribution in [3.8, 4) is 6.07 Å². The third kappa shape index (κ3) is 5.95. The standard InChI is InChI=1S/C18H24N4O.C7H12N2/c1-11(18(2,3)4)15(19-7-8-23)13-9-20-17-16(13)22-14(10-21-17)12-5-6-12;1-9-4-2-7(6-8)3-5-9/h8-10,12,19H,5-7H2,1-4H3,(H,20,21);7H,2-5H2,1H3/b15-11-;. The van der Waals surface area contributed by atoms with Crippen LogP contribution in [-0.4, -0.2) is 52.8 Å². The Morgan fingerprint density at radius 3 is 2.56 bits per heavy atom. The number of nitrogens with zero attached hydrogens (tertiary/aromatic N) is 4. The quantitative estimate of drug-likeness (QED) is 0.680. The van der Waals surface area contributed by atoms with Gasteiger partial charge in [0, 0.05) is 29.3 Å². The van der Waals surface area contributed by atoms with Gasteiger partial charge >= 0.3 is 0 Å². The smallest absolute Gasteiger partial charge is 0.156 e. The molecule has 2 N–H and O–H groups in total. The summed E-state index contributed by atoms with van der Waals surface area (Å²) in [6, 6.07) is 2.30. The summed E-state index contributed by atoms with van der Waals surface area (Å²) in [5.41, 5.74) is 5.89. The number of aromatic nitrogens is 3. The fraction of sp³-hybridized carbons (Fsp3) is 0.600. The molecule has 0 aromatic carbocycles. The second-order valence-corrected chi connectivity index (χ2v) is 9.97. The van der Waals surface area contributed by atoms with Gasteiger partial charge in [-0.3, -0.25) is 0 Å². The van der Waals surface area contributed by atoms with Gasteiger partial charge in [-0.25, -0.2) is 9.97 Å². The monoisotopic (exact) mass is 436 g/mol.